The Morgan fingerprint density at radius 3 is 2.80 bits per heavy atom. The van der Waals surface area contributed by atoms with Gasteiger partial charge in [0.1, 0.15) is 11.6 Å². The fourth-order valence-electron chi connectivity index (χ4n) is 2.88. The first-order chi connectivity index (χ1) is 11.9. The third kappa shape index (κ3) is 2.25. The molecule has 1 aromatic heterocycles. The van der Waals surface area contributed by atoms with Crippen LogP contribution in [-0.4, -0.2) is 25.7 Å². The highest BCUT2D eigenvalue weighted by Gasteiger charge is 2.39. The number of anilines is 4. The van der Waals surface area contributed by atoms with Gasteiger partial charge in [-0.2, -0.15) is 5.10 Å². The maximum atomic E-state index is 13.0. The molecule has 0 atom stereocenters. The van der Waals surface area contributed by atoms with Crippen LogP contribution in [0.25, 0.3) is 0 Å². The third-order valence-electron chi connectivity index (χ3n) is 3.97. The summed E-state index contributed by atoms with van der Waals surface area (Å²) < 4.78 is 31.2. The highest BCUT2D eigenvalue weighted by atomic mass is 35.5. The van der Waals surface area contributed by atoms with Crippen molar-refractivity contribution in [1.82, 2.24) is 10.2 Å². The average molecular weight is 377 g/mol. The van der Waals surface area contributed by atoms with E-state index in [2.05, 4.69) is 10.2 Å². The Morgan fingerprint density at radius 2 is 2.04 bits per heavy atom. The summed E-state index contributed by atoms with van der Waals surface area (Å²) in [5.74, 6) is 0.809. The second kappa shape index (κ2) is 5.40. The number of nitrogen functional groups attached to an aromatic ring is 1. The lowest BCUT2D eigenvalue weighted by atomic mass is 10.2. The van der Waals surface area contributed by atoms with Crippen molar-refractivity contribution in [2.45, 2.75) is 9.79 Å². The van der Waals surface area contributed by atoms with Gasteiger partial charge in [-0.3, -0.25) is 10.00 Å². The average Bonchev–Trinajstić information content (AvgIpc) is 2.97. The van der Waals surface area contributed by atoms with Gasteiger partial charge in [0.2, 0.25) is 9.84 Å². The van der Waals surface area contributed by atoms with E-state index >= 15 is 0 Å². The molecule has 0 radical (unpaired) electrons. The molecule has 2 heterocycles. The number of aromatic amines is 1. The SMILES string of the molecule is COc1cccc(N2c3cc(Cl)ccc3S(=O)(=O)c3c2n[nH]c3N)c1. The molecule has 9 heteroatoms. The topological polar surface area (TPSA) is 101 Å². The van der Waals surface area contributed by atoms with Gasteiger partial charge in [-0.1, -0.05) is 17.7 Å². The number of hydrogen-bond acceptors (Lipinski definition) is 6. The molecule has 128 valence electrons. The number of fused-ring (bicyclic) bond motifs is 2. The van der Waals surface area contributed by atoms with Crippen molar-refractivity contribution in [2.24, 2.45) is 0 Å². The molecule has 3 aromatic rings. The number of nitrogens with two attached hydrogens (primary N) is 1. The summed E-state index contributed by atoms with van der Waals surface area (Å²) in [5, 5.41) is 7.07. The predicted molar refractivity (Wildman–Crippen MR) is 94.7 cm³/mol. The van der Waals surface area contributed by atoms with E-state index in [4.69, 9.17) is 22.1 Å². The zero-order valence-corrected chi connectivity index (χ0v) is 14.6. The molecule has 2 aromatic carbocycles. The number of aromatic nitrogens is 2. The number of methoxy groups -OCH3 is 1. The van der Waals surface area contributed by atoms with Crippen LogP contribution in [-0.2, 0) is 9.84 Å². The molecular formula is C16H13ClN4O3S. The van der Waals surface area contributed by atoms with Crippen molar-refractivity contribution in [3.8, 4) is 5.75 Å². The second-order valence-electron chi connectivity index (χ2n) is 5.44. The quantitative estimate of drug-likeness (QED) is 0.556. The first-order valence-electron chi connectivity index (χ1n) is 7.26. The van der Waals surface area contributed by atoms with E-state index in [0.29, 0.717) is 22.1 Å². The number of sulfone groups is 1. The lowest BCUT2D eigenvalue weighted by Gasteiger charge is -2.30. The molecule has 0 fully saturated rings. The molecule has 0 unspecified atom stereocenters. The van der Waals surface area contributed by atoms with Crippen LogP contribution in [0.4, 0.5) is 23.0 Å². The van der Waals surface area contributed by atoms with E-state index in [1.165, 1.54) is 12.1 Å². The number of nitrogens with one attached hydrogen (secondary N) is 1. The lowest BCUT2D eigenvalue weighted by molar-refractivity contribution is 0.415. The number of ether oxygens (including phenoxy) is 1. The second-order valence-corrected chi connectivity index (χ2v) is 7.73. The Bertz CT molecular complexity index is 1090. The van der Waals surface area contributed by atoms with Crippen LogP contribution in [0.15, 0.2) is 52.3 Å². The van der Waals surface area contributed by atoms with Crippen LogP contribution in [0.3, 0.4) is 0 Å². The summed E-state index contributed by atoms with van der Waals surface area (Å²) in [7, 11) is -2.25. The molecule has 3 N–H and O–H groups in total. The summed E-state index contributed by atoms with van der Waals surface area (Å²) in [5.41, 5.74) is 6.92. The Balaban J connectivity index is 2.07. The third-order valence-corrected chi connectivity index (χ3v) is 6.07. The summed E-state index contributed by atoms with van der Waals surface area (Å²) in [4.78, 5) is 1.75. The minimum Gasteiger partial charge on any atom is -0.497 e. The molecule has 0 saturated carbocycles. The van der Waals surface area contributed by atoms with Crippen molar-refractivity contribution in [3.05, 3.63) is 47.5 Å². The molecule has 4 rings (SSSR count). The van der Waals surface area contributed by atoms with Crippen LogP contribution >= 0.6 is 11.6 Å². The van der Waals surface area contributed by atoms with Crippen LogP contribution in [0.1, 0.15) is 0 Å². The van der Waals surface area contributed by atoms with Crippen molar-refractivity contribution in [1.29, 1.82) is 0 Å². The van der Waals surface area contributed by atoms with Crippen molar-refractivity contribution < 1.29 is 13.2 Å². The number of H-pyrrole nitrogens is 1. The zero-order valence-electron chi connectivity index (χ0n) is 13.0. The highest BCUT2D eigenvalue weighted by Crippen LogP contribution is 2.49. The standard InChI is InChI=1S/C16H13ClN4O3S/c1-24-11-4-2-3-10(8-11)21-12-7-9(17)5-6-13(12)25(22,23)14-15(18)19-20-16(14)21/h2-8H,1H3,(H3,18,19,20). The summed E-state index contributed by atoms with van der Waals surface area (Å²) >= 11 is 6.11. The molecule has 0 amide bonds. The van der Waals surface area contributed by atoms with Gasteiger partial charge in [-0.15, -0.1) is 0 Å². The number of hydrogen-bond donors (Lipinski definition) is 2. The van der Waals surface area contributed by atoms with Crippen LogP contribution in [0.2, 0.25) is 5.02 Å². The number of rotatable bonds is 2. The van der Waals surface area contributed by atoms with Crippen molar-refractivity contribution >= 4 is 44.4 Å². The lowest BCUT2D eigenvalue weighted by Crippen LogP contribution is -2.22. The van der Waals surface area contributed by atoms with E-state index in [-0.39, 0.29) is 21.4 Å². The highest BCUT2D eigenvalue weighted by molar-refractivity contribution is 7.92. The minimum absolute atomic E-state index is 0.0107. The van der Waals surface area contributed by atoms with Crippen LogP contribution < -0.4 is 15.4 Å². The molecule has 0 spiro atoms. The van der Waals surface area contributed by atoms with Gasteiger partial charge in [0.15, 0.2) is 10.7 Å². The Labute approximate surface area is 148 Å². The van der Waals surface area contributed by atoms with E-state index < -0.39 is 9.84 Å². The fraction of sp³-hybridized carbons (Fsp3) is 0.0625. The summed E-state index contributed by atoms with van der Waals surface area (Å²) in [6, 6.07) is 11.8. The normalized spacial score (nSPS) is 14.7. The maximum Gasteiger partial charge on any atom is 0.216 e. The first kappa shape index (κ1) is 15.8. The summed E-state index contributed by atoms with van der Waals surface area (Å²) in [6.45, 7) is 0. The molecule has 1 aliphatic heterocycles. The molecule has 0 aliphatic carbocycles. The number of halogens is 1. The van der Waals surface area contributed by atoms with Gasteiger partial charge in [0, 0.05) is 11.1 Å². The predicted octanol–water partition coefficient (Wildman–Crippen LogP) is 3.27. The molecular weight excluding hydrogens is 364 g/mol. The van der Waals surface area contributed by atoms with E-state index in [0.717, 1.165) is 0 Å². The molecule has 0 bridgehead atoms. The van der Waals surface area contributed by atoms with E-state index in [1.807, 2.05) is 6.07 Å². The maximum absolute atomic E-state index is 13.0. The first-order valence-corrected chi connectivity index (χ1v) is 9.12. The van der Waals surface area contributed by atoms with Crippen LogP contribution in [0, 0.1) is 0 Å². The largest absolute Gasteiger partial charge is 0.497 e. The Morgan fingerprint density at radius 1 is 1.24 bits per heavy atom. The number of benzene rings is 2. The molecule has 7 nitrogen and oxygen atoms in total. The van der Waals surface area contributed by atoms with Gasteiger partial charge < -0.3 is 10.5 Å². The fourth-order valence-corrected chi connectivity index (χ4v) is 4.65. The van der Waals surface area contributed by atoms with Crippen molar-refractivity contribution in [2.75, 3.05) is 17.7 Å². The van der Waals surface area contributed by atoms with E-state index in [9.17, 15) is 8.42 Å². The molecule has 0 saturated heterocycles. The molecule has 1 aliphatic rings. The zero-order chi connectivity index (χ0) is 17.8. The van der Waals surface area contributed by atoms with Gasteiger partial charge >= 0.3 is 0 Å². The minimum atomic E-state index is -3.81. The monoisotopic (exact) mass is 376 g/mol. The van der Waals surface area contributed by atoms with Crippen LogP contribution in [0.5, 0.6) is 5.75 Å². The Hall–Kier alpha value is -2.71. The van der Waals surface area contributed by atoms with Crippen molar-refractivity contribution in [3.63, 3.8) is 0 Å². The van der Waals surface area contributed by atoms with Gasteiger partial charge in [-0.05, 0) is 30.3 Å². The van der Waals surface area contributed by atoms with Gasteiger partial charge in [0.05, 0.1) is 23.4 Å². The van der Waals surface area contributed by atoms with E-state index in [1.54, 1.807) is 36.3 Å². The molecule has 25 heavy (non-hydrogen) atoms. The van der Waals surface area contributed by atoms with Gasteiger partial charge in [0.25, 0.3) is 0 Å². The Kier molecular flexibility index (Phi) is 3.41. The smallest absolute Gasteiger partial charge is 0.216 e. The van der Waals surface area contributed by atoms with Gasteiger partial charge in [-0.25, -0.2) is 8.42 Å². The number of nitrogens with zero attached hydrogens (tertiary/aromatic N) is 2. The summed E-state index contributed by atoms with van der Waals surface area (Å²) in [6.07, 6.45) is 0.